The lowest BCUT2D eigenvalue weighted by atomic mass is 9.68. The molecule has 120 valence electrons. The van der Waals surface area contributed by atoms with Gasteiger partial charge in [-0.2, -0.15) is 0 Å². The predicted octanol–water partition coefficient (Wildman–Crippen LogP) is 0.570. The highest BCUT2D eigenvalue weighted by atomic mass is 32.2. The van der Waals surface area contributed by atoms with Crippen molar-refractivity contribution in [3.05, 3.63) is 18.5 Å². The number of ether oxygens (including phenoxy) is 1. The molecular formula is C14H19N3O4S. The molecule has 2 heterocycles. The molecule has 1 aromatic heterocycles. The summed E-state index contributed by atoms with van der Waals surface area (Å²) in [5.74, 6) is 0.386. The molecule has 22 heavy (non-hydrogen) atoms. The number of rotatable bonds is 4. The minimum absolute atomic E-state index is 0.00167. The van der Waals surface area contributed by atoms with E-state index in [4.69, 9.17) is 4.74 Å². The third kappa shape index (κ3) is 2.68. The van der Waals surface area contributed by atoms with Crippen molar-refractivity contribution >= 4 is 15.9 Å². The summed E-state index contributed by atoms with van der Waals surface area (Å²) >= 11 is 0. The third-order valence-corrected chi connectivity index (χ3v) is 5.93. The number of pyridine rings is 1. The Morgan fingerprint density at radius 3 is 2.82 bits per heavy atom. The highest BCUT2D eigenvalue weighted by Gasteiger charge is 2.49. The summed E-state index contributed by atoms with van der Waals surface area (Å²) in [4.78, 5) is 15.6. The van der Waals surface area contributed by atoms with Gasteiger partial charge in [0.2, 0.25) is 15.9 Å². The largest absolute Gasteiger partial charge is 0.495 e. The molecule has 8 heteroatoms. The van der Waals surface area contributed by atoms with Crippen LogP contribution in [0.15, 0.2) is 23.4 Å². The number of piperidine rings is 1. The smallest absolute Gasteiger partial charge is 0.242 e. The number of aromatic nitrogens is 1. The predicted molar refractivity (Wildman–Crippen MR) is 78.9 cm³/mol. The number of hydrogen-bond acceptors (Lipinski definition) is 5. The average Bonchev–Trinajstić information content (AvgIpc) is 2.47. The summed E-state index contributed by atoms with van der Waals surface area (Å²) in [6.07, 6.45) is 6.21. The Labute approximate surface area is 129 Å². The molecule has 3 rings (SSSR count). The van der Waals surface area contributed by atoms with E-state index in [9.17, 15) is 13.2 Å². The molecule has 2 N–H and O–H groups in total. The van der Waals surface area contributed by atoms with E-state index in [1.807, 2.05) is 0 Å². The van der Waals surface area contributed by atoms with Crippen LogP contribution in [-0.2, 0) is 14.8 Å². The first-order valence-electron chi connectivity index (χ1n) is 7.28. The Morgan fingerprint density at radius 1 is 1.41 bits per heavy atom. The number of nitrogens with zero attached hydrogens (tertiary/aromatic N) is 1. The summed E-state index contributed by atoms with van der Waals surface area (Å²) in [5, 5.41) is 2.97. The molecule has 1 amide bonds. The molecule has 0 unspecified atom stereocenters. The molecular weight excluding hydrogens is 306 g/mol. The second-order valence-electron chi connectivity index (χ2n) is 5.83. The van der Waals surface area contributed by atoms with Gasteiger partial charge in [-0.3, -0.25) is 9.78 Å². The highest BCUT2D eigenvalue weighted by molar-refractivity contribution is 7.89. The van der Waals surface area contributed by atoms with E-state index < -0.39 is 15.6 Å². The minimum atomic E-state index is -3.70. The van der Waals surface area contributed by atoms with E-state index in [1.54, 1.807) is 0 Å². The van der Waals surface area contributed by atoms with E-state index in [1.165, 1.54) is 25.6 Å². The van der Waals surface area contributed by atoms with Crippen molar-refractivity contribution in [1.29, 1.82) is 0 Å². The van der Waals surface area contributed by atoms with Gasteiger partial charge in [-0.25, -0.2) is 13.1 Å². The van der Waals surface area contributed by atoms with Crippen LogP contribution in [-0.4, -0.2) is 38.0 Å². The number of amides is 1. The zero-order valence-corrected chi connectivity index (χ0v) is 13.1. The van der Waals surface area contributed by atoms with Crippen molar-refractivity contribution in [2.45, 2.75) is 48.6 Å². The molecule has 2 aliphatic rings. The molecule has 1 aromatic rings. The van der Waals surface area contributed by atoms with E-state index in [0.717, 1.165) is 19.3 Å². The van der Waals surface area contributed by atoms with Crippen LogP contribution in [0, 0.1) is 0 Å². The first-order chi connectivity index (χ1) is 10.5. The zero-order valence-electron chi connectivity index (χ0n) is 12.3. The number of methoxy groups -OCH3 is 1. The fourth-order valence-electron chi connectivity index (χ4n) is 3.09. The maximum absolute atomic E-state index is 12.6. The van der Waals surface area contributed by atoms with Gasteiger partial charge in [0, 0.05) is 24.7 Å². The van der Waals surface area contributed by atoms with Gasteiger partial charge in [-0.1, -0.05) is 0 Å². The molecule has 0 bridgehead atoms. The number of hydrogen-bond donors (Lipinski definition) is 2. The van der Waals surface area contributed by atoms with Gasteiger partial charge >= 0.3 is 0 Å². The van der Waals surface area contributed by atoms with Crippen molar-refractivity contribution in [3.63, 3.8) is 0 Å². The van der Waals surface area contributed by atoms with Gasteiger partial charge in [0.15, 0.2) is 0 Å². The lowest BCUT2D eigenvalue weighted by molar-refractivity contribution is -0.127. The highest BCUT2D eigenvalue weighted by Crippen LogP contribution is 2.39. The minimum Gasteiger partial charge on any atom is -0.495 e. The Balaban J connectivity index is 1.82. The number of sulfonamides is 1. The third-order valence-electron chi connectivity index (χ3n) is 4.49. The Bertz CT molecular complexity index is 685. The van der Waals surface area contributed by atoms with Crippen molar-refractivity contribution in [2.24, 2.45) is 0 Å². The maximum atomic E-state index is 12.6. The van der Waals surface area contributed by atoms with Crippen LogP contribution in [0.1, 0.15) is 32.1 Å². The summed E-state index contributed by atoms with van der Waals surface area (Å²) in [5.41, 5.74) is -0.422. The molecule has 2 fully saturated rings. The number of carbonyl (C=O) groups is 1. The number of nitrogens with one attached hydrogen (secondary N) is 2. The van der Waals surface area contributed by atoms with Crippen LogP contribution in [0.25, 0.3) is 0 Å². The fraction of sp³-hybridized carbons (Fsp3) is 0.571. The van der Waals surface area contributed by atoms with Crippen LogP contribution in [0.5, 0.6) is 5.75 Å². The molecule has 0 radical (unpaired) electrons. The SMILES string of the molecule is COc1cncc(S(=O)(=O)N[C@@H]2CCC(=O)NC23CCC3)c1. The maximum Gasteiger partial charge on any atom is 0.242 e. The number of carbonyl (C=O) groups excluding carboxylic acids is 1. The first-order valence-corrected chi connectivity index (χ1v) is 8.76. The molecule has 1 saturated carbocycles. The van der Waals surface area contributed by atoms with Crippen LogP contribution in [0.2, 0.25) is 0 Å². The topological polar surface area (TPSA) is 97.4 Å². The van der Waals surface area contributed by atoms with Crippen molar-refractivity contribution in [1.82, 2.24) is 15.0 Å². The standard InChI is InChI=1S/C14H19N3O4S/c1-21-10-7-11(9-15-8-10)22(19,20)17-12-3-4-13(18)16-14(12)5-2-6-14/h7-9,12,17H,2-6H2,1H3,(H,16,18)/t12-/m1/s1. The summed E-state index contributed by atoms with van der Waals surface area (Å²) in [6, 6.07) is 1.15. The second kappa shape index (κ2) is 5.51. The second-order valence-corrected chi connectivity index (χ2v) is 7.54. The van der Waals surface area contributed by atoms with Crippen LogP contribution < -0.4 is 14.8 Å². The van der Waals surface area contributed by atoms with Gasteiger partial charge in [0.1, 0.15) is 10.6 Å². The van der Waals surface area contributed by atoms with E-state index in [-0.39, 0.29) is 16.8 Å². The molecule has 1 spiro atoms. The van der Waals surface area contributed by atoms with Gasteiger partial charge < -0.3 is 10.1 Å². The van der Waals surface area contributed by atoms with Gasteiger partial charge in [-0.05, 0) is 25.7 Å². The van der Waals surface area contributed by atoms with Gasteiger partial charge in [0.05, 0.1) is 18.8 Å². The first kappa shape index (κ1) is 15.2. The van der Waals surface area contributed by atoms with Crippen molar-refractivity contribution in [2.75, 3.05) is 7.11 Å². The van der Waals surface area contributed by atoms with E-state index in [2.05, 4.69) is 15.0 Å². The molecule has 7 nitrogen and oxygen atoms in total. The van der Waals surface area contributed by atoms with Crippen molar-refractivity contribution < 1.29 is 17.9 Å². The van der Waals surface area contributed by atoms with E-state index in [0.29, 0.717) is 18.6 Å². The lowest BCUT2D eigenvalue weighted by Crippen LogP contribution is -2.68. The molecule has 1 saturated heterocycles. The van der Waals surface area contributed by atoms with E-state index >= 15 is 0 Å². The van der Waals surface area contributed by atoms with Crippen LogP contribution >= 0.6 is 0 Å². The van der Waals surface area contributed by atoms with Gasteiger partial charge in [-0.15, -0.1) is 0 Å². The molecule has 0 aromatic carbocycles. The molecule has 1 aliphatic carbocycles. The summed E-state index contributed by atoms with van der Waals surface area (Å²) < 4.78 is 32.9. The fourth-order valence-corrected chi connectivity index (χ4v) is 4.42. The van der Waals surface area contributed by atoms with Crippen LogP contribution in [0.4, 0.5) is 0 Å². The Morgan fingerprint density at radius 2 is 2.18 bits per heavy atom. The summed E-state index contributed by atoms with van der Waals surface area (Å²) in [7, 11) is -2.24. The van der Waals surface area contributed by atoms with Crippen molar-refractivity contribution in [3.8, 4) is 5.75 Å². The quantitative estimate of drug-likeness (QED) is 0.843. The average molecular weight is 325 g/mol. The van der Waals surface area contributed by atoms with Gasteiger partial charge in [0.25, 0.3) is 0 Å². The Kier molecular flexibility index (Phi) is 3.82. The Hall–Kier alpha value is -1.67. The normalized spacial score (nSPS) is 23.7. The summed E-state index contributed by atoms with van der Waals surface area (Å²) in [6.45, 7) is 0. The monoisotopic (exact) mass is 325 g/mol. The molecule has 1 aliphatic heterocycles. The van der Waals surface area contributed by atoms with Crippen LogP contribution in [0.3, 0.4) is 0 Å². The lowest BCUT2D eigenvalue weighted by Gasteiger charge is -2.50. The molecule has 1 atom stereocenters. The zero-order chi connectivity index (χ0) is 15.8.